The molecule has 0 bridgehead atoms. The van der Waals surface area contributed by atoms with E-state index in [4.69, 9.17) is 14.2 Å². The molecule has 140 valence electrons. The first-order valence-electron chi connectivity index (χ1n) is 8.27. The van der Waals surface area contributed by atoms with Gasteiger partial charge in [0.25, 0.3) is 5.91 Å². The monoisotopic (exact) mass is 361 g/mol. The number of carbonyl (C=O) groups is 1. The molecule has 0 saturated heterocycles. The van der Waals surface area contributed by atoms with Crippen molar-refractivity contribution in [2.75, 3.05) is 21.3 Å². The van der Waals surface area contributed by atoms with Crippen LogP contribution in [0.2, 0.25) is 0 Å². The fourth-order valence-electron chi connectivity index (χ4n) is 2.74. The third-order valence-electron chi connectivity index (χ3n) is 4.11. The van der Waals surface area contributed by atoms with Crippen molar-refractivity contribution < 1.29 is 23.4 Å². The molecule has 6 heteroatoms. The molecule has 0 aromatic heterocycles. The van der Waals surface area contributed by atoms with E-state index in [0.29, 0.717) is 22.8 Å². The summed E-state index contributed by atoms with van der Waals surface area (Å²) in [6.45, 7) is 3.98. The molecule has 0 aliphatic carbocycles. The zero-order valence-corrected chi connectivity index (χ0v) is 15.6. The van der Waals surface area contributed by atoms with Crippen LogP contribution in [0.25, 0.3) is 0 Å². The van der Waals surface area contributed by atoms with Crippen molar-refractivity contribution in [3.05, 3.63) is 53.3 Å². The summed E-state index contributed by atoms with van der Waals surface area (Å²) in [5.74, 6) is 0.746. The number of methoxy groups -OCH3 is 3. The quantitative estimate of drug-likeness (QED) is 0.810. The Kier molecular flexibility index (Phi) is 6.44. The lowest BCUT2D eigenvalue weighted by atomic mass is 9.95. The van der Waals surface area contributed by atoms with Crippen LogP contribution in [0.4, 0.5) is 4.39 Å². The normalized spacial score (nSPS) is 11.8. The number of carbonyl (C=O) groups excluding carboxylic acids is 1. The number of halogens is 1. The standard InChI is InChI=1S/C20H24FNO4/c1-12(2)18(13-6-8-15(21)9-7-13)22-20(23)14-10-16(24-3)19(26-5)17(11-14)25-4/h6-12,18H,1-5H3,(H,22,23)/t18-/m0/s1. The maximum atomic E-state index is 13.2. The van der Waals surface area contributed by atoms with Gasteiger partial charge in [-0.3, -0.25) is 4.79 Å². The summed E-state index contributed by atoms with van der Waals surface area (Å²) in [5.41, 5.74) is 1.22. The number of hydrogen-bond acceptors (Lipinski definition) is 4. The average Bonchev–Trinajstić information content (AvgIpc) is 2.65. The summed E-state index contributed by atoms with van der Waals surface area (Å²) >= 11 is 0. The number of nitrogens with one attached hydrogen (secondary N) is 1. The summed E-state index contributed by atoms with van der Waals surface area (Å²) in [6, 6.07) is 9.05. The van der Waals surface area contributed by atoms with Crippen molar-refractivity contribution in [1.29, 1.82) is 0 Å². The Morgan fingerprint density at radius 1 is 0.962 bits per heavy atom. The molecule has 1 amide bonds. The second-order valence-electron chi connectivity index (χ2n) is 6.16. The number of hydrogen-bond donors (Lipinski definition) is 1. The van der Waals surface area contributed by atoms with E-state index in [1.165, 1.54) is 33.5 Å². The van der Waals surface area contributed by atoms with Gasteiger partial charge in [0.05, 0.1) is 27.4 Å². The van der Waals surface area contributed by atoms with Crippen molar-refractivity contribution in [2.45, 2.75) is 19.9 Å². The molecule has 0 aliphatic heterocycles. The molecule has 0 radical (unpaired) electrons. The zero-order chi connectivity index (χ0) is 19.3. The van der Waals surface area contributed by atoms with Gasteiger partial charge in [0.1, 0.15) is 5.82 Å². The van der Waals surface area contributed by atoms with Crippen LogP contribution >= 0.6 is 0 Å². The highest BCUT2D eigenvalue weighted by atomic mass is 19.1. The fourth-order valence-corrected chi connectivity index (χ4v) is 2.74. The number of rotatable bonds is 7. The number of amides is 1. The molecule has 2 aromatic carbocycles. The predicted molar refractivity (Wildman–Crippen MR) is 97.5 cm³/mol. The predicted octanol–water partition coefficient (Wildman–Crippen LogP) is 3.98. The van der Waals surface area contributed by atoms with E-state index in [0.717, 1.165) is 5.56 Å². The third kappa shape index (κ3) is 4.25. The average molecular weight is 361 g/mol. The summed E-state index contributed by atoms with van der Waals surface area (Å²) in [4.78, 5) is 12.8. The Morgan fingerprint density at radius 2 is 1.50 bits per heavy atom. The molecular weight excluding hydrogens is 337 g/mol. The minimum Gasteiger partial charge on any atom is -0.493 e. The number of benzene rings is 2. The molecule has 0 fully saturated rings. The SMILES string of the molecule is COc1cc(C(=O)N[C@H](c2ccc(F)cc2)C(C)C)cc(OC)c1OC. The first-order chi connectivity index (χ1) is 12.4. The fraction of sp³-hybridized carbons (Fsp3) is 0.350. The van der Waals surface area contributed by atoms with Gasteiger partial charge in [-0.25, -0.2) is 4.39 Å². The van der Waals surface area contributed by atoms with Crippen LogP contribution in [0.5, 0.6) is 17.2 Å². The van der Waals surface area contributed by atoms with Gasteiger partial charge < -0.3 is 19.5 Å². The molecule has 5 nitrogen and oxygen atoms in total. The van der Waals surface area contributed by atoms with Gasteiger partial charge in [-0.15, -0.1) is 0 Å². The Morgan fingerprint density at radius 3 is 1.92 bits per heavy atom. The highest BCUT2D eigenvalue weighted by Crippen LogP contribution is 2.38. The molecule has 2 aromatic rings. The van der Waals surface area contributed by atoms with Gasteiger partial charge in [0.15, 0.2) is 11.5 Å². The van der Waals surface area contributed by atoms with Crippen LogP contribution in [-0.2, 0) is 0 Å². The zero-order valence-electron chi connectivity index (χ0n) is 15.6. The molecule has 0 saturated carbocycles. The molecule has 1 atom stereocenters. The van der Waals surface area contributed by atoms with E-state index in [1.54, 1.807) is 24.3 Å². The van der Waals surface area contributed by atoms with Crippen molar-refractivity contribution in [3.8, 4) is 17.2 Å². The van der Waals surface area contributed by atoms with E-state index < -0.39 is 0 Å². The molecule has 0 spiro atoms. The summed E-state index contributed by atoms with van der Waals surface area (Å²) in [6.07, 6.45) is 0. The Hall–Kier alpha value is -2.76. The van der Waals surface area contributed by atoms with E-state index >= 15 is 0 Å². The van der Waals surface area contributed by atoms with E-state index in [1.807, 2.05) is 13.8 Å². The Balaban J connectivity index is 2.33. The summed E-state index contributed by atoms with van der Waals surface area (Å²) in [7, 11) is 4.49. The molecule has 0 unspecified atom stereocenters. The summed E-state index contributed by atoms with van der Waals surface area (Å²) < 4.78 is 29.1. The molecule has 0 heterocycles. The third-order valence-corrected chi connectivity index (χ3v) is 4.11. The van der Waals surface area contributed by atoms with Crippen LogP contribution in [0, 0.1) is 11.7 Å². The van der Waals surface area contributed by atoms with Crippen LogP contribution < -0.4 is 19.5 Å². The maximum absolute atomic E-state index is 13.2. The minimum atomic E-state index is -0.313. The first kappa shape index (κ1) is 19.6. The van der Waals surface area contributed by atoms with Gasteiger partial charge in [0, 0.05) is 5.56 Å². The van der Waals surface area contributed by atoms with E-state index in [2.05, 4.69) is 5.32 Å². The highest BCUT2D eigenvalue weighted by Gasteiger charge is 2.22. The summed E-state index contributed by atoms with van der Waals surface area (Å²) in [5, 5.41) is 3.00. The Bertz CT molecular complexity index is 734. The second kappa shape index (κ2) is 8.56. The largest absolute Gasteiger partial charge is 0.493 e. The van der Waals surface area contributed by atoms with Crippen LogP contribution in [0.3, 0.4) is 0 Å². The van der Waals surface area contributed by atoms with Crippen molar-refractivity contribution in [3.63, 3.8) is 0 Å². The Labute approximate surface area is 153 Å². The van der Waals surface area contributed by atoms with Crippen LogP contribution in [-0.4, -0.2) is 27.2 Å². The van der Waals surface area contributed by atoms with E-state index in [9.17, 15) is 9.18 Å². The maximum Gasteiger partial charge on any atom is 0.252 e. The molecule has 1 N–H and O–H groups in total. The topological polar surface area (TPSA) is 56.8 Å². The van der Waals surface area contributed by atoms with E-state index in [-0.39, 0.29) is 23.7 Å². The van der Waals surface area contributed by atoms with Crippen molar-refractivity contribution in [2.24, 2.45) is 5.92 Å². The van der Waals surface area contributed by atoms with Gasteiger partial charge >= 0.3 is 0 Å². The van der Waals surface area contributed by atoms with Crippen LogP contribution in [0.1, 0.15) is 35.8 Å². The smallest absolute Gasteiger partial charge is 0.252 e. The lowest BCUT2D eigenvalue weighted by Gasteiger charge is -2.23. The molecular formula is C20H24FNO4. The van der Waals surface area contributed by atoms with Crippen molar-refractivity contribution >= 4 is 5.91 Å². The first-order valence-corrected chi connectivity index (χ1v) is 8.27. The number of ether oxygens (including phenoxy) is 3. The van der Waals surface area contributed by atoms with Gasteiger partial charge in [-0.05, 0) is 35.7 Å². The molecule has 2 rings (SSSR count). The lowest BCUT2D eigenvalue weighted by Crippen LogP contribution is -2.31. The molecule has 26 heavy (non-hydrogen) atoms. The lowest BCUT2D eigenvalue weighted by molar-refractivity contribution is 0.0924. The van der Waals surface area contributed by atoms with Gasteiger partial charge in [-0.1, -0.05) is 26.0 Å². The van der Waals surface area contributed by atoms with Crippen molar-refractivity contribution in [1.82, 2.24) is 5.32 Å². The van der Waals surface area contributed by atoms with Crippen LogP contribution in [0.15, 0.2) is 36.4 Å². The highest BCUT2D eigenvalue weighted by molar-refractivity contribution is 5.96. The van der Waals surface area contributed by atoms with Gasteiger partial charge in [0.2, 0.25) is 5.75 Å². The van der Waals surface area contributed by atoms with Gasteiger partial charge in [-0.2, -0.15) is 0 Å². The molecule has 0 aliphatic rings. The minimum absolute atomic E-state index is 0.117. The second-order valence-corrected chi connectivity index (χ2v) is 6.16.